The smallest absolute Gasteiger partial charge is 0.220 e. The molecule has 0 aliphatic rings. The van der Waals surface area contributed by atoms with Crippen LogP contribution in [0.5, 0.6) is 0 Å². The van der Waals surface area contributed by atoms with E-state index in [1.165, 1.54) is 4.68 Å². The molecule has 0 saturated heterocycles. The molecule has 96 valence electrons. The molecule has 0 saturated carbocycles. The summed E-state index contributed by atoms with van der Waals surface area (Å²) in [4.78, 5) is 8.28. The molecule has 6 heteroatoms. The number of alkyl halides is 1. The standard InChI is InChI=1S/C12H14Cl2N4/c1-8(2)6-10-9(7-13)11(14)18(17-10)12-15-4-3-5-16-12/h3-5,8H,6-7H2,1-2H3. The lowest BCUT2D eigenvalue weighted by Crippen LogP contribution is -2.03. The fraction of sp³-hybridized carbons (Fsp3) is 0.417. The first-order valence-electron chi connectivity index (χ1n) is 5.73. The Morgan fingerprint density at radius 3 is 2.50 bits per heavy atom. The Bertz CT molecular complexity index is 522. The Kier molecular flexibility index (Phi) is 4.19. The van der Waals surface area contributed by atoms with Gasteiger partial charge >= 0.3 is 0 Å². The van der Waals surface area contributed by atoms with Crippen molar-refractivity contribution in [2.24, 2.45) is 5.92 Å². The van der Waals surface area contributed by atoms with E-state index in [0.717, 1.165) is 17.7 Å². The summed E-state index contributed by atoms with van der Waals surface area (Å²) in [7, 11) is 0. The number of rotatable bonds is 4. The second kappa shape index (κ2) is 5.67. The summed E-state index contributed by atoms with van der Waals surface area (Å²) < 4.78 is 1.54. The molecule has 4 nitrogen and oxygen atoms in total. The van der Waals surface area contributed by atoms with Gasteiger partial charge in [-0.1, -0.05) is 25.4 Å². The van der Waals surface area contributed by atoms with Crippen molar-refractivity contribution >= 4 is 23.2 Å². The fourth-order valence-electron chi connectivity index (χ4n) is 1.69. The molecule has 2 aromatic heterocycles. The molecule has 2 aromatic rings. The quantitative estimate of drug-likeness (QED) is 0.810. The van der Waals surface area contributed by atoms with Crippen molar-refractivity contribution in [2.75, 3.05) is 0 Å². The molecule has 18 heavy (non-hydrogen) atoms. The predicted octanol–water partition coefficient (Wildman–Crippen LogP) is 3.25. The Hall–Kier alpha value is -1.13. The van der Waals surface area contributed by atoms with Crippen LogP contribution in [0.25, 0.3) is 5.95 Å². The average molecular weight is 285 g/mol. The molecule has 0 aliphatic heterocycles. The molecule has 0 atom stereocenters. The highest BCUT2D eigenvalue weighted by Gasteiger charge is 2.18. The second-order valence-corrected chi connectivity index (χ2v) is 5.03. The third-order valence-corrected chi connectivity index (χ3v) is 3.14. The van der Waals surface area contributed by atoms with Gasteiger partial charge in [0, 0.05) is 18.0 Å². The lowest BCUT2D eigenvalue weighted by molar-refractivity contribution is 0.624. The Labute approximate surface area is 116 Å². The van der Waals surface area contributed by atoms with Crippen molar-refractivity contribution < 1.29 is 0 Å². The maximum Gasteiger partial charge on any atom is 0.251 e. The largest absolute Gasteiger partial charge is 0.251 e. The summed E-state index contributed by atoms with van der Waals surface area (Å²) in [5.41, 5.74) is 1.77. The van der Waals surface area contributed by atoms with Crippen LogP contribution >= 0.6 is 23.2 Å². The van der Waals surface area contributed by atoms with Gasteiger partial charge in [-0.05, 0) is 18.4 Å². The van der Waals surface area contributed by atoms with E-state index < -0.39 is 0 Å². The molecule has 0 spiro atoms. The van der Waals surface area contributed by atoms with E-state index in [1.54, 1.807) is 18.5 Å². The van der Waals surface area contributed by atoms with E-state index in [4.69, 9.17) is 23.2 Å². The minimum Gasteiger partial charge on any atom is -0.220 e. The second-order valence-electron chi connectivity index (χ2n) is 4.41. The van der Waals surface area contributed by atoms with E-state index in [0.29, 0.717) is 22.9 Å². The highest BCUT2D eigenvalue weighted by atomic mass is 35.5. The Morgan fingerprint density at radius 2 is 1.94 bits per heavy atom. The van der Waals surface area contributed by atoms with Crippen LogP contribution in [0.15, 0.2) is 18.5 Å². The molecule has 0 fully saturated rings. The van der Waals surface area contributed by atoms with Crippen LogP contribution in [-0.2, 0) is 12.3 Å². The molecule has 0 unspecified atom stereocenters. The monoisotopic (exact) mass is 284 g/mol. The minimum atomic E-state index is 0.341. The van der Waals surface area contributed by atoms with Crippen LogP contribution in [0.1, 0.15) is 25.1 Å². The van der Waals surface area contributed by atoms with Gasteiger partial charge in [0.15, 0.2) is 0 Å². The van der Waals surface area contributed by atoms with Gasteiger partial charge in [-0.2, -0.15) is 9.78 Å². The zero-order valence-corrected chi connectivity index (χ0v) is 11.8. The summed E-state index contributed by atoms with van der Waals surface area (Å²) in [6.07, 6.45) is 4.15. The lowest BCUT2D eigenvalue weighted by atomic mass is 10.1. The maximum absolute atomic E-state index is 6.28. The van der Waals surface area contributed by atoms with E-state index in [9.17, 15) is 0 Å². The van der Waals surface area contributed by atoms with Crippen LogP contribution in [0, 0.1) is 5.92 Å². The fourth-order valence-corrected chi connectivity index (χ4v) is 2.33. The van der Waals surface area contributed by atoms with Crippen LogP contribution in [0.4, 0.5) is 0 Å². The van der Waals surface area contributed by atoms with Gasteiger partial charge < -0.3 is 0 Å². The maximum atomic E-state index is 6.28. The topological polar surface area (TPSA) is 43.6 Å². The van der Waals surface area contributed by atoms with Crippen molar-refractivity contribution in [1.82, 2.24) is 19.7 Å². The predicted molar refractivity (Wildman–Crippen MR) is 72.3 cm³/mol. The molecular formula is C12H14Cl2N4. The van der Waals surface area contributed by atoms with E-state index in [-0.39, 0.29) is 0 Å². The Balaban J connectivity index is 2.47. The number of nitrogens with zero attached hydrogens (tertiary/aromatic N) is 4. The van der Waals surface area contributed by atoms with Crippen LogP contribution in [0.3, 0.4) is 0 Å². The van der Waals surface area contributed by atoms with Crippen molar-refractivity contribution in [3.05, 3.63) is 34.9 Å². The lowest BCUT2D eigenvalue weighted by Gasteiger charge is -2.01. The molecule has 0 amide bonds. The third kappa shape index (κ3) is 2.65. The zero-order valence-electron chi connectivity index (χ0n) is 10.3. The minimum absolute atomic E-state index is 0.341. The summed E-state index contributed by atoms with van der Waals surface area (Å²) in [5, 5.41) is 4.96. The molecule has 0 aromatic carbocycles. The van der Waals surface area contributed by atoms with E-state index in [1.807, 2.05) is 0 Å². The summed E-state index contributed by atoms with van der Waals surface area (Å²) in [6.45, 7) is 4.26. The van der Waals surface area contributed by atoms with Gasteiger partial charge in [-0.3, -0.25) is 0 Å². The molecule has 0 N–H and O–H groups in total. The summed E-state index contributed by atoms with van der Waals surface area (Å²) in [5.74, 6) is 1.29. The normalized spacial score (nSPS) is 11.2. The van der Waals surface area contributed by atoms with Gasteiger partial charge in [-0.25, -0.2) is 9.97 Å². The van der Waals surface area contributed by atoms with Gasteiger partial charge in [0.25, 0.3) is 5.95 Å². The SMILES string of the molecule is CC(C)Cc1nn(-c2ncccn2)c(Cl)c1CCl. The highest BCUT2D eigenvalue weighted by Crippen LogP contribution is 2.25. The van der Waals surface area contributed by atoms with Crippen molar-refractivity contribution in [3.63, 3.8) is 0 Å². The van der Waals surface area contributed by atoms with Crippen LogP contribution in [-0.4, -0.2) is 19.7 Å². The van der Waals surface area contributed by atoms with E-state index >= 15 is 0 Å². The van der Waals surface area contributed by atoms with Crippen molar-refractivity contribution in [2.45, 2.75) is 26.1 Å². The summed E-state index contributed by atoms with van der Waals surface area (Å²) in [6, 6.07) is 1.75. The van der Waals surface area contributed by atoms with Crippen molar-refractivity contribution in [1.29, 1.82) is 0 Å². The number of halogens is 2. The first-order valence-corrected chi connectivity index (χ1v) is 6.64. The first-order chi connectivity index (χ1) is 8.63. The third-order valence-electron chi connectivity index (χ3n) is 2.48. The van der Waals surface area contributed by atoms with Gasteiger partial charge in [0.2, 0.25) is 0 Å². The molecule has 2 heterocycles. The van der Waals surface area contributed by atoms with Crippen LogP contribution < -0.4 is 0 Å². The van der Waals surface area contributed by atoms with Gasteiger partial charge in [0.05, 0.1) is 11.6 Å². The number of aromatic nitrogens is 4. The number of hydrogen-bond acceptors (Lipinski definition) is 3. The first kappa shape index (κ1) is 13.3. The molecular weight excluding hydrogens is 271 g/mol. The Morgan fingerprint density at radius 1 is 1.28 bits per heavy atom. The highest BCUT2D eigenvalue weighted by molar-refractivity contribution is 6.31. The van der Waals surface area contributed by atoms with E-state index in [2.05, 4.69) is 28.9 Å². The van der Waals surface area contributed by atoms with Gasteiger partial charge in [-0.15, -0.1) is 11.6 Å². The van der Waals surface area contributed by atoms with Crippen LogP contribution in [0.2, 0.25) is 5.15 Å². The average Bonchev–Trinajstić information content (AvgIpc) is 2.66. The molecule has 0 aliphatic carbocycles. The summed E-state index contributed by atoms with van der Waals surface area (Å²) >= 11 is 12.2. The molecule has 2 rings (SSSR count). The van der Waals surface area contributed by atoms with Gasteiger partial charge in [0.1, 0.15) is 5.15 Å². The zero-order chi connectivity index (χ0) is 13.1. The number of hydrogen-bond donors (Lipinski definition) is 0. The van der Waals surface area contributed by atoms with Crippen molar-refractivity contribution in [3.8, 4) is 5.95 Å². The molecule has 0 bridgehead atoms. The molecule has 0 radical (unpaired) electrons.